The number of rotatable bonds is 4. The number of nitrogens with zero attached hydrogens (tertiary/aromatic N) is 2. The van der Waals surface area contributed by atoms with E-state index in [0.717, 1.165) is 5.69 Å². The molecule has 0 unspecified atom stereocenters. The van der Waals surface area contributed by atoms with Crippen LogP contribution in [0.25, 0.3) is 5.65 Å². The van der Waals surface area contributed by atoms with Gasteiger partial charge in [-0.25, -0.2) is 9.78 Å². The number of carbonyl (C=O) groups is 2. The maximum Gasteiger partial charge on any atom is 0.359 e. The summed E-state index contributed by atoms with van der Waals surface area (Å²) in [6.07, 6.45) is 1.60. The number of esters is 1. The Hall–Kier alpha value is -2.66. The molecule has 3 rings (SSSR count). The summed E-state index contributed by atoms with van der Waals surface area (Å²) in [5.41, 5.74) is 2.21. The fourth-order valence-corrected chi connectivity index (χ4v) is 2.30. The van der Waals surface area contributed by atoms with E-state index in [2.05, 4.69) is 4.98 Å². The molecule has 0 saturated carbocycles. The van der Waals surface area contributed by atoms with E-state index >= 15 is 0 Å². The molecule has 0 aliphatic carbocycles. The molecule has 0 aliphatic rings. The van der Waals surface area contributed by atoms with Crippen LogP contribution in [-0.2, 0) is 4.74 Å². The van der Waals surface area contributed by atoms with Gasteiger partial charge < -0.3 is 9.14 Å². The van der Waals surface area contributed by atoms with Gasteiger partial charge in [0.2, 0.25) is 0 Å². The van der Waals surface area contributed by atoms with Gasteiger partial charge in [-0.1, -0.05) is 17.7 Å². The first kappa shape index (κ1) is 15.2. The van der Waals surface area contributed by atoms with Gasteiger partial charge in [0, 0.05) is 22.5 Å². The second kappa shape index (κ2) is 6.22. The number of aryl methyl sites for hydroxylation is 1. The van der Waals surface area contributed by atoms with E-state index in [1.54, 1.807) is 40.9 Å². The van der Waals surface area contributed by atoms with Crippen molar-refractivity contribution in [2.75, 3.05) is 6.61 Å². The molecule has 2 aromatic heterocycles. The molecule has 116 valence electrons. The molecule has 2 heterocycles. The summed E-state index contributed by atoms with van der Waals surface area (Å²) in [5, 5.41) is 0.540. The van der Waals surface area contributed by atoms with Gasteiger partial charge in [-0.15, -0.1) is 0 Å². The van der Waals surface area contributed by atoms with Crippen molar-refractivity contribution in [2.24, 2.45) is 0 Å². The summed E-state index contributed by atoms with van der Waals surface area (Å²) in [6, 6.07) is 12.0. The normalized spacial score (nSPS) is 10.7. The van der Waals surface area contributed by atoms with Gasteiger partial charge in [-0.05, 0) is 43.3 Å². The standard InChI is InChI=1S/C17H13ClN2O3/c1-11-3-2-4-16-19-14(9-20(11)16)17(22)23-10-15(21)12-5-7-13(18)8-6-12/h2-9H,10H2,1H3. The molecule has 0 aliphatic heterocycles. The number of imidazole rings is 1. The number of halogens is 1. The fourth-order valence-electron chi connectivity index (χ4n) is 2.17. The molecular weight excluding hydrogens is 316 g/mol. The van der Waals surface area contributed by atoms with Crippen LogP contribution in [-0.4, -0.2) is 27.7 Å². The summed E-state index contributed by atoms with van der Waals surface area (Å²) in [6.45, 7) is 1.57. The van der Waals surface area contributed by atoms with E-state index in [-0.39, 0.29) is 18.1 Å². The Kier molecular flexibility index (Phi) is 4.12. The van der Waals surface area contributed by atoms with Gasteiger partial charge in [-0.3, -0.25) is 4.79 Å². The van der Waals surface area contributed by atoms with Gasteiger partial charge >= 0.3 is 5.97 Å². The molecule has 0 atom stereocenters. The lowest BCUT2D eigenvalue weighted by Crippen LogP contribution is -2.14. The number of aromatic nitrogens is 2. The minimum Gasteiger partial charge on any atom is -0.453 e. The average Bonchev–Trinajstić information content (AvgIpc) is 2.99. The molecule has 0 fully saturated rings. The molecule has 3 aromatic rings. The number of hydrogen-bond donors (Lipinski definition) is 0. The number of ketones is 1. The van der Waals surface area contributed by atoms with E-state index in [1.165, 1.54) is 0 Å². The van der Waals surface area contributed by atoms with E-state index < -0.39 is 5.97 Å². The van der Waals surface area contributed by atoms with E-state index in [0.29, 0.717) is 16.2 Å². The number of fused-ring (bicyclic) bond motifs is 1. The molecule has 5 nitrogen and oxygen atoms in total. The highest BCUT2D eigenvalue weighted by molar-refractivity contribution is 6.30. The van der Waals surface area contributed by atoms with Crippen molar-refractivity contribution in [3.63, 3.8) is 0 Å². The Morgan fingerprint density at radius 1 is 1.17 bits per heavy atom. The molecule has 0 saturated heterocycles. The van der Waals surface area contributed by atoms with Crippen LogP contribution in [0.3, 0.4) is 0 Å². The summed E-state index contributed by atoms with van der Waals surface area (Å²) >= 11 is 5.77. The minimum atomic E-state index is -0.629. The maximum atomic E-state index is 12.0. The number of benzene rings is 1. The molecule has 0 amide bonds. The van der Waals surface area contributed by atoms with Gasteiger partial charge in [0.25, 0.3) is 0 Å². The van der Waals surface area contributed by atoms with Crippen LogP contribution in [0, 0.1) is 6.92 Å². The third kappa shape index (κ3) is 3.24. The van der Waals surface area contributed by atoms with Crippen LogP contribution in [0.5, 0.6) is 0 Å². The van der Waals surface area contributed by atoms with Gasteiger partial charge in [0.05, 0.1) is 0 Å². The monoisotopic (exact) mass is 328 g/mol. The smallest absolute Gasteiger partial charge is 0.359 e. The van der Waals surface area contributed by atoms with Crippen LogP contribution < -0.4 is 0 Å². The van der Waals surface area contributed by atoms with Crippen molar-refractivity contribution < 1.29 is 14.3 Å². The Bertz CT molecular complexity index is 884. The molecule has 0 N–H and O–H groups in total. The highest BCUT2D eigenvalue weighted by atomic mass is 35.5. The van der Waals surface area contributed by atoms with Crippen molar-refractivity contribution in [3.8, 4) is 0 Å². The number of ether oxygens (including phenoxy) is 1. The zero-order chi connectivity index (χ0) is 16.4. The third-order valence-electron chi connectivity index (χ3n) is 3.41. The van der Waals surface area contributed by atoms with Crippen molar-refractivity contribution in [2.45, 2.75) is 6.92 Å². The Labute approximate surface area is 137 Å². The second-order valence-electron chi connectivity index (χ2n) is 5.03. The summed E-state index contributed by atoms with van der Waals surface area (Å²) < 4.78 is 6.84. The van der Waals surface area contributed by atoms with E-state index in [4.69, 9.17) is 16.3 Å². The van der Waals surface area contributed by atoms with Crippen molar-refractivity contribution in [1.29, 1.82) is 0 Å². The molecule has 1 aromatic carbocycles. The number of Topliss-reactive ketones (excluding diaryl/α,β-unsaturated/α-hetero) is 1. The lowest BCUT2D eigenvalue weighted by Gasteiger charge is -2.02. The van der Waals surface area contributed by atoms with Crippen molar-refractivity contribution in [1.82, 2.24) is 9.38 Å². The third-order valence-corrected chi connectivity index (χ3v) is 3.66. The predicted molar refractivity (Wildman–Crippen MR) is 86.0 cm³/mol. The molecular formula is C17H13ClN2O3. The van der Waals surface area contributed by atoms with Crippen LogP contribution in [0.4, 0.5) is 0 Å². The largest absolute Gasteiger partial charge is 0.453 e. The van der Waals surface area contributed by atoms with E-state index in [9.17, 15) is 9.59 Å². The number of hydrogen-bond acceptors (Lipinski definition) is 4. The molecule has 6 heteroatoms. The lowest BCUT2D eigenvalue weighted by molar-refractivity contribution is 0.0469. The highest BCUT2D eigenvalue weighted by Gasteiger charge is 2.15. The van der Waals surface area contributed by atoms with Gasteiger partial charge in [0.1, 0.15) is 5.65 Å². The zero-order valence-electron chi connectivity index (χ0n) is 12.3. The second-order valence-corrected chi connectivity index (χ2v) is 5.46. The molecule has 0 radical (unpaired) electrons. The lowest BCUT2D eigenvalue weighted by atomic mass is 10.1. The topological polar surface area (TPSA) is 60.7 Å². The summed E-state index contributed by atoms with van der Waals surface area (Å²) in [7, 11) is 0. The maximum absolute atomic E-state index is 12.0. The summed E-state index contributed by atoms with van der Waals surface area (Å²) in [5.74, 6) is -0.926. The first-order chi connectivity index (χ1) is 11.0. The quantitative estimate of drug-likeness (QED) is 0.544. The Morgan fingerprint density at radius 3 is 2.61 bits per heavy atom. The highest BCUT2D eigenvalue weighted by Crippen LogP contribution is 2.12. The summed E-state index contributed by atoms with van der Waals surface area (Å²) in [4.78, 5) is 28.2. The molecule has 0 bridgehead atoms. The van der Waals surface area contributed by atoms with Crippen LogP contribution >= 0.6 is 11.6 Å². The SMILES string of the molecule is Cc1cccc2nc(C(=O)OCC(=O)c3ccc(Cl)cc3)cn12. The van der Waals surface area contributed by atoms with E-state index in [1.807, 2.05) is 19.1 Å². The average molecular weight is 329 g/mol. The van der Waals surface area contributed by atoms with Gasteiger partial charge in [0.15, 0.2) is 18.1 Å². The van der Waals surface area contributed by atoms with Crippen LogP contribution in [0.1, 0.15) is 26.5 Å². The molecule has 23 heavy (non-hydrogen) atoms. The van der Waals surface area contributed by atoms with Crippen molar-refractivity contribution in [3.05, 3.63) is 70.6 Å². The minimum absolute atomic E-state index is 0.170. The number of pyridine rings is 1. The Morgan fingerprint density at radius 2 is 1.91 bits per heavy atom. The number of carbonyl (C=O) groups excluding carboxylic acids is 2. The van der Waals surface area contributed by atoms with Gasteiger partial charge in [-0.2, -0.15) is 0 Å². The first-order valence-electron chi connectivity index (χ1n) is 6.95. The Balaban J connectivity index is 1.69. The predicted octanol–water partition coefficient (Wildman–Crippen LogP) is 3.34. The van der Waals surface area contributed by atoms with Crippen LogP contribution in [0.2, 0.25) is 5.02 Å². The molecule has 0 spiro atoms. The first-order valence-corrected chi connectivity index (χ1v) is 7.33. The van der Waals surface area contributed by atoms with Crippen LogP contribution in [0.15, 0.2) is 48.7 Å². The zero-order valence-corrected chi connectivity index (χ0v) is 13.1. The van der Waals surface area contributed by atoms with Crippen molar-refractivity contribution >= 4 is 29.0 Å². The fraction of sp³-hybridized carbons (Fsp3) is 0.118.